The largest absolute Gasteiger partial charge is 0.355 e. The molecule has 0 amide bonds. The van der Waals surface area contributed by atoms with Crippen LogP contribution in [0.15, 0.2) is 36.4 Å². The highest BCUT2D eigenvalue weighted by Gasteiger charge is 2.02. The fourth-order valence-corrected chi connectivity index (χ4v) is 1.92. The van der Waals surface area contributed by atoms with Crippen molar-refractivity contribution < 1.29 is 0 Å². The molecule has 18 heavy (non-hydrogen) atoms. The molecule has 0 spiro atoms. The molecule has 1 N–H and O–H groups in total. The predicted octanol–water partition coefficient (Wildman–Crippen LogP) is 4.92. The van der Waals surface area contributed by atoms with Crippen LogP contribution in [0.4, 0.5) is 11.4 Å². The Bertz CT molecular complexity index is 630. The lowest BCUT2D eigenvalue weighted by Gasteiger charge is -2.08. The molecule has 2 aromatic rings. The van der Waals surface area contributed by atoms with Crippen molar-refractivity contribution in [1.82, 2.24) is 0 Å². The molecule has 0 aromatic heterocycles. The normalized spacial score (nSPS) is 9.89. The maximum atomic E-state index is 8.79. The summed E-state index contributed by atoms with van der Waals surface area (Å²) in [5, 5.41) is 13.1. The maximum absolute atomic E-state index is 8.79. The molecule has 2 aromatic carbocycles. The number of rotatable bonds is 2. The Balaban J connectivity index is 2.26. The van der Waals surface area contributed by atoms with Crippen molar-refractivity contribution in [2.24, 2.45) is 0 Å². The van der Waals surface area contributed by atoms with E-state index in [9.17, 15) is 0 Å². The molecule has 4 heteroatoms. The van der Waals surface area contributed by atoms with Crippen LogP contribution in [0.1, 0.15) is 11.1 Å². The number of benzene rings is 2. The van der Waals surface area contributed by atoms with Crippen LogP contribution >= 0.6 is 23.2 Å². The second-order valence-corrected chi connectivity index (χ2v) is 4.71. The number of aryl methyl sites for hydroxylation is 1. The number of nitrogens with one attached hydrogen (secondary N) is 1. The highest BCUT2D eigenvalue weighted by atomic mass is 35.5. The molecule has 0 radical (unpaired) electrons. The summed E-state index contributed by atoms with van der Waals surface area (Å²) in [4.78, 5) is 0. The van der Waals surface area contributed by atoms with Gasteiger partial charge in [-0.2, -0.15) is 5.26 Å². The molecular weight excluding hydrogens is 267 g/mol. The van der Waals surface area contributed by atoms with Crippen molar-refractivity contribution in [2.45, 2.75) is 6.92 Å². The van der Waals surface area contributed by atoms with Gasteiger partial charge in [0.05, 0.1) is 10.6 Å². The molecule has 0 saturated heterocycles. The lowest BCUT2D eigenvalue weighted by Crippen LogP contribution is -1.91. The topological polar surface area (TPSA) is 35.8 Å². The van der Waals surface area contributed by atoms with Gasteiger partial charge < -0.3 is 5.32 Å². The molecule has 0 aliphatic carbocycles. The summed E-state index contributed by atoms with van der Waals surface area (Å²) >= 11 is 12.0. The van der Waals surface area contributed by atoms with Gasteiger partial charge in [0.1, 0.15) is 6.07 Å². The first-order chi connectivity index (χ1) is 8.60. The van der Waals surface area contributed by atoms with E-state index in [1.54, 1.807) is 18.2 Å². The van der Waals surface area contributed by atoms with E-state index < -0.39 is 0 Å². The van der Waals surface area contributed by atoms with Gasteiger partial charge in [0.15, 0.2) is 0 Å². The Morgan fingerprint density at radius 2 is 1.61 bits per heavy atom. The third-order valence-corrected chi connectivity index (χ3v) is 3.27. The number of hydrogen-bond acceptors (Lipinski definition) is 2. The van der Waals surface area contributed by atoms with E-state index in [4.69, 9.17) is 28.5 Å². The lowest BCUT2D eigenvalue weighted by atomic mass is 10.2. The Labute approximate surface area is 116 Å². The van der Waals surface area contributed by atoms with Gasteiger partial charge in [-0.25, -0.2) is 0 Å². The van der Waals surface area contributed by atoms with Crippen LogP contribution in [-0.2, 0) is 0 Å². The highest BCUT2D eigenvalue weighted by Crippen LogP contribution is 2.26. The first kappa shape index (κ1) is 12.8. The summed E-state index contributed by atoms with van der Waals surface area (Å²) < 4.78 is 0. The molecule has 0 aliphatic heterocycles. The maximum Gasteiger partial charge on any atom is 0.101 e. The highest BCUT2D eigenvalue weighted by molar-refractivity contribution is 6.32. The number of hydrogen-bond donors (Lipinski definition) is 1. The van der Waals surface area contributed by atoms with Crippen molar-refractivity contribution in [2.75, 3.05) is 5.32 Å². The fourth-order valence-electron chi connectivity index (χ4n) is 1.52. The molecular formula is C14H10Cl2N2. The molecule has 0 unspecified atom stereocenters. The van der Waals surface area contributed by atoms with E-state index >= 15 is 0 Å². The van der Waals surface area contributed by atoms with Crippen LogP contribution in [0.3, 0.4) is 0 Å². The first-order valence-corrected chi connectivity index (χ1v) is 6.08. The standard InChI is InChI=1S/C14H10Cl2N2/c1-9-2-4-11(6-13(9)15)18-12-5-3-10(8-17)14(16)7-12/h2-7,18H,1H3. The SMILES string of the molecule is Cc1ccc(Nc2ccc(C#N)c(Cl)c2)cc1Cl. The average molecular weight is 277 g/mol. The Hall–Kier alpha value is -1.69. The zero-order chi connectivity index (χ0) is 13.1. The summed E-state index contributed by atoms with van der Waals surface area (Å²) in [7, 11) is 0. The third kappa shape index (κ3) is 2.76. The molecule has 0 heterocycles. The van der Waals surface area contributed by atoms with Crippen LogP contribution in [0.5, 0.6) is 0 Å². The number of anilines is 2. The van der Waals surface area contributed by atoms with E-state index in [0.717, 1.165) is 16.9 Å². The van der Waals surface area contributed by atoms with Crippen molar-refractivity contribution >= 4 is 34.6 Å². The van der Waals surface area contributed by atoms with Crippen LogP contribution in [0, 0.1) is 18.3 Å². The molecule has 0 atom stereocenters. The van der Waals surface area contributed by atoms with Crippen molar-refractivity contribution in [1.29, 1.82) is 5.26 Å². The Morgan fingerprint density at radius 3 is 2.17 bits per heavy atom. The van der Waals surface area contributed by atoms with E-state index in [0.29, 0.717) is 15.6 Å². The zero-order valence-electron chi connectivity index (χ0n) is 9.67. The van der Waals surface area contributed by atoms with Gasteiger partial charge in [0.25, 0.3) is 0 Å². The van der Waals surface area contributed by atoms with E-state index in [2.05, 4.69) is 5.32 Å². The summed E-state index contributed by atoms with van der Waals surface area (Å²) in [6, 6.07) is 13.0. The fraction of sp³-hybridized carbons (Fsp3) is 0.0714. The number of nitriles is 1. The zero-order valence-corrected chi connectivity index (χ0v) is 11.2. The third-order valence-electron chi connectivity index (χ3n) is 2.55. The Kier molecular flexibility index (Phi) is 3.76. The van der Waals surface area contributed by atoms with Gasteiger partial charge in [-0.05, 0) is 42.8 Å². The minimum absolute atomic E-state index is 0.431. The first-order valence-electron chi connectivity index (χ1n) is 5.33. The van der Waals surface area contributed by atoms with Crippen molar-refractivity contribution in [3.8, 4) is 6.07 Å². The van der Waals surface area contributed by atoms with Crippen LogP contribution in [0.25, 0.3) is 0 Å². The molecule has 2 rings (SSSR count). The second kappa shape index (κ2) is 5.30. The summed E-state index contributed by atoms with van der Waals surface area (Å²) in [6.07, 6.45) is 0. The van der Waals surface area contributed by atoms with E-state index in [1.165, 1.54) is 0 Å². The summed E-state index contributed by atoms with van der Waals surface area (Å²) in [6.45, 7) is 1.95. The molecule has 90 valence electrons. The van der Waals surface area contributed by atoms with Gasteiger partial charge in [-0.3, -0.25) is 0 Å². The smallest absolute Gasteiger partial charge is 0.101 e. The molecule has 0 saturated carbocycles. The number of halogens is 2. The summed E-state index contributed by atoms with van der Waals surface area (Å²) in [5.74, 6) is 0. The minimum Gasteiger partial charge on any atom is -0.355 e. The van der Waals surface area contributed by atoms with Gasteiger partial charge in [0.2, 0.25) is 0 Å². The monoisotopic (exact) mass is 276 g/mol. The summed E-state index contributed by atoms with van der Waals surface area (Å²) in [5.41, 5.74) is 3.19. The molecule has 0 aliphatic rings. The average Bonchev–Trinajstić information content (AvgIpc) is 2.34. The van der Waals surface area contributed by atoms with Crippen molar-refractivity contribution in [3.05, 3.63) is 57.6 Å². The van der Waals surface area contributed by atoms with Crippen LogP contribution in [-0.4, -0.2) is 0 Å². The van der Waals surface area contributed by atoms with Crippen LogP contribution in [0.2, 0.25) is 10.0 Å². The minimum atomic E-state index is 0.431. The lowest BCUT2D eigenvalue weighted by molar-refractivity contribution is 1.44. The quantitative estimate of drug-likeness (QED) is 0.845. The van der Waals surface area contributed by atoms with E-state index in [1.807, 2.05) is 31.2 Å². The molecule has 0 fully saturated rings. The molecule has 0 bridgehead atoms. The van der Waals surface area contributed by atoms with Gasteiger partial charge in [-0.1, -0.05) is 29.3 Å². The predicted molar refractivity (Wildman–Crippen MR) is 75.6 cm³/mol. The second-order valence-electron chi connectivity index (χ2n) is 3.90. The van der Waals surface area contributed by atoms with Gasteiger partial charge in [-0.15, -0.1) is 0 Å². The van der Waals surface area contributed by atoms with Gasteiger partial charge in [0, 0.05) is 16.4 Å². The van der Waals surface area contributed by atoms with Crippen LogP contribution < -0.4 is 5.32 Å². The molecule has 2 nitrogen and oxygen atoms in total. The van der Waals surface area contributed by atoms with E-state index in [-0.39, 0.29) is 0 Å². The van der Waals surface area contributed by atoms with Gasteiger partial charge >= 0.3 is 0 Å². The number of nitrogens with zero attached hydrogens (tertiary/aromatic N) is 1. The Morgan fingerprint density at radius 1 is 1.00 bits per heavy atom. The van der Waals surface area contributed by atoms with Crippen molar-refractivity contribution in [3.63, 3.8) is 0 Å².